The maximum atomic E-state index is 13.5. The van der Waals surface area contributed by atoms with Crippen LogP contribution < -0.4 is 5.32 Å². The second-order valence-corrected chi connectivity index (χ2v) is 5.69. The van der Waals surface area contributed by atoms with Crippen LogP contribution in [0.1, 0.15) is 37.7 Å². The fourth-order valence-corrected chi connectivity index (χ4v) is 2.69. The van der Waals surface area contributed by atoms with Crippen LogP contribution in [0.3, 0.4) is 0 Å². The number of rotatable bonds is 5. The van der Waals surface area contributed by atoms with Crippen LogP contribution >= 0.6 is 15.9 Å². The summed E-state index contributed by atoms with van der Waals surface area (Å²) in [5.74, 6) is -0.136. The van der Waals surface area contributed by atoms with E-state index in [0.29, 0.717) is 6.54 Å². The molecule has 0 aliphatic heterocycles. The quantitative estimate of drug-likeness (QED) is 0.620. The predicted octanol–water partition coefficient (Wildman–Crippen LogP) is 4.57. The van der Waals surface area contributed by atoms with Crippen molar-refractivity contribution in [1.82, 2.24) is 5.32 Å². The maximum absolute atomic E-state index is 13.5. The molecule has 1 aromatic carbocycles. The van der Waals surface area contributed by atoms with E-state index in [-0.39, 0.29) is 5.82 Å². The largest absolute Gasteiger partial charge is 0.312 e. The van der Waals surface area contributed by atoms with Crippen molar-refractivity contribution in [2.24, 2.45) is 0 Å². The highest BCUT2D eigenvalue weighted by atomic mass is 79.9. The molecule has 98 valence electrons. The van der Waals surface area contributed by atoms with E-state index in [2.05, 4.69) is 27.3 Å². The molecule has 0 radical (unpaired) electrons. The molecule has 0 saturated heterocycles. The van der Waals surface area contributed by atoms with Crippen molar-refractivity contribution in [1.29, 1.82) is 0 Å². The molecule has 0 atom stereocenters. The second kappa shape index (κ2) is 7.05. The van der Waals surface area contributed by atoms with Gasteiger partial charge in [-0.3, -0.25) is 0 Å². The first-order valence-electron chi connectivity index (χ1n) is 6.58. The Morgan fingerprint density at radius 1 is 1.28 bits per heavy atom. The van der Waals surface area contributed by atoms with Crippen LogP contribution in [0.15, 0.2) is 34.3 Å². The van der Waals surface area contributed by atoms with Crippen LogP contribution in [0.25, 0.3) is 0 Å². The van der Waals surface area contributed by atoms with Gasteiger partial charge in [-0.2, -0.15) is 0 Å². The lowest BCUT2D eigenvalue weighted by molar-refractivity contribution is 0.582. The minimum atomic E-state index is -0.136. The Balaban J connectivity index is 1.74. The van der Waals surface area contributed by atoms with Crippen molar-refractivity contribution in [2.75, 3.05) is 6.54 Å². The van der Waals surface area contributed by atoms with Crippen molar-refractivity contribution in [3.8, 4) is 0 Å². The summed E-state index contributed by atoms with van der Waals surface area (Å²) in [6, 6.07) is 5.07. The maximum Gasteiger partial charge on any atom is 0.127 e. The zero-order valence-corrected chi connectivity index (χ0v) is 12.1. The van der Waals surface area contributed by atoms with Gasteiger partial charge < -0.3 is 5.32 Å². The number of allylic oxidation sites excluding steroid dienone is 1. The third kappa shape index (κ3) is 4.21. The average molecular weight is 312 g/mol. The van der Waals surface area contributed by atoms with Gasteiger partial charge in [0.05, 0.1) is 0 Å². The van der Waals surface area contributed by atoms with Crippen molar-refractivity contribution >= 4 is 15.9 Å². The summed E-state index contributed by atoms with van der Waals surface area (Å²) >= 11 is 3.36. The lowest BCUT2D eigenvalue weighted by atomic mass is 9.97. The van der Waals surface area contributed by atoms with Crippen LogP contribution in [-0.4, -0.2) is 6.54 Å². The van der Waals surface area contributed by atoms with E-state index in [1.165, 1.54) is 31.7 Å². The molecular formula is C15H19BrFN. The first-order valence-corrected chi connectivity index (χ1v) is 7.37. The number of halogens is 2. The van der Waals surface area contributed by atoms with Gasteiger partial charge in [0, 0.05) is 16.6 Å². The Bertz CT molecular complexity index is 429. The third-order valence-corrected chi connectivity index (χ3v) is 3.82. The standard InChI is InChI=1S/C15H19BrFN/c16-14-6-7-15(17)13(10-14)11-18-9-8-12-4-2-1-3-5-12/h4,6-7,10,18H,1-3,5,8-9,11H2. The average Bonchev–Trinajstić information content (AvgIpc) is 2.40. The van der Waals surface area contributed by atoms with Crippen LogP contribution in [0.4, 0.5) is 4.39 Å². The summed E-state index contributed by atoms with van der Waals surface area (Å²) in [5.41, 5.74) is 2.28. The molecule has 0 bridgehead atoms. The number of hydrogen-bond donors (Lipinski definition) is 1. The first kappa shape index (κ1) is 13.8. The second-order valence-electron chi connectivity index (χ2n) is 4.77. The van der Waals surface area contributed by atoms with Gasteiger partial charge in [-0.25, -0.2) is 4.39 Å². The summed E-state index contributed by atoms with van der Waals surface area (Å²) in [7, 11) is 0. The van der Waals surface area contributed by atoms with Crippen LogP contribution in [0, 0.1) is 5.82 Å². The molecule has 0 amide bonds. The highest BCUT2D eigenvalue weighted by Crippen LogP contribution is 2.19. The molecule has 0 saturated carbocycles. The van der Waals surface area contributed by atoms with E-state index >= 15 is 0 Å². The van der Waals surface area contributed by atoms with E-state index in [0.717, 1.165) is 23.0 Å². The Hall–Kier alpha value is -0.670. The van der Waals surface area contributed by atoms with Crippen LogP contribution in [0.5, 0.6) is 0 Å². The van der Waals surface area contributed by atoms with E-state index < -0.39 is 0 Å². The van der Waals surface area contributed by atoms with Crippen molar-refractivity contribution < 1.29 is 4.39 Å². The number of benzene rings is 1. The fraction of sp³-hybridized carbons (Fsp3) is 0.467. The van der Waals surface area contributed by atoms with Gasteiger partial charge in [0.25, 0.3) is 0 Å². The molecular weight excluding hydrogens is 293 g/mol. The van der Waals surface area contributed by atoms with Crippen molar-refractivity contribution in [3.05, 3.63) is 45.7 Å². The van der Waals surface area contributed by atoms with E-state index in [9.17, 15) is 4.39 Å². The molecule has 1 aliphatic carbocycles. The molecule has 0 heterocycles. The molecule has 1 nitrogen and oxygen atoms in total. The summed E-state index contributed by atoms with van der Waals surface area (Å²) < 4.78 is 14.4. The normalized spacial score (nSPS) is 15.6. The summed E-state index contributed by atoms with van der Waals surface area (Å²) in [6.07, 6.45) is 8.59. The Labute approximate surface area is 117 Å². The van der Waals surface area contributed by atoms with Crippen molar-refractivity contribution in [2.45, 2.75) is 38.6 Å². The highest BCUT2D eigenvalue weighted by Gasteiger charge is 2.04. The van der Waals surface area contributed by atoms with Gasteiger partial charge in [-0.1, -0.05) is 27.6 Å². The minimum Gasteiger partial charge on any atom is -0.312 e. The lowest BCUT2D eigenvalue weighted by Gasteiger charge is -2.13. The third-order valence-electron chi connectivity index (χ3n) is 3.33. The summed E-state index contributed by atoms with van der Waals surface area (Å²) in [6.45, 7) is 1.52. The Morgan fingerprint density at radius 3 is 2.94 bits per heavy atom. The molecule has 0 unspecified atom stereocenters. The molecule has 3 heteroatoms. The smallest absolute Gasteiger partial charge is 0.127 e. The minimum absolute atomic E-state index is 0.136. The molecule has 0 fully saturated rings. The van der Waals surface area contributed by atoms with Crippen molar-refractivity contribution in [3.63, 3.8) is 0 Å². The zero-order chi connectivity index (χ0) is 12.8. The Kier molecular flexibility index (Phi) is 5.39. The van der Waals surface area contributed by atoms with E-state index in [1.54, 1.807) is 11.6 Å². The van der Waals surface area contributed by atoms with Crippen LogP contribution in [0.2, 0.25) is 0 Å². The SMILES string of the molecule is Fc1ccc(Br)cc1CNCCC1=CCCCC1. The molecule has 1 aliphatic rings. The monoisotopic (exact) mass is 311 g/mol. The van der Waals surface area contributed by atoms with Gasteiger partial charge in [-0.15, -0.1) is 0 Å². The number of hydrogen-bond acceptors (Lipinski definition) is 1. The molecule has 1 N–H and O–H groups in total. The zero-order valence-electron chi connectivity index (χ0n) is 10.5. The van der Waals surface area contributed by atoms with Gasteiger partial charge in [-0.05, 0) is 56.8 Å². The fourth-order valence-electron chi connectivity index (χ4n) is 2.28. The van der Waals surface area contributed by atoms with Crippen LogP contribution in [-0.2, 0) is 6.54 Å². The summed E-state index contributed by atoms with van der Waals surface area (Å²) in [5, 5.41) is 3.32. The topological polar surface area (TPSA) is 12.0 Å². The predicted molar refractivity (Wildman–Crippen MR) is 77.0 cm³/mol. The molecule has 18 heavy (non-hydrogen) atoms. The van der Waals surface area contributed by atoms with Gasteiger partial charge in [0.2, 0.25) is 0 Å². The summed E-state index contributed by atoms with van der Waals surface area (Å²) in [4.78, 5) is 0. The molecule has 0 spiro atoms. The molecule has 0 aromatic heterocycles. The van der Waals surface area contributed by atoms with Gasteiger partial charge in [0.1, 0.15) is 5.82 Å². The highest BCUT2D eigenvalue weighted by molar-refractivity contribution is 9.10. The van der Waals surface area contributed by atoms with Gasteiger partial charge >= 0.3 is 0 Å². The molecule has 2 rings (SSSR count). The van der Waals surface area contributed by atoms with E-state index in [4.69, 9.17) is 0 Å². The lowest BCUT2D eigenvalue weighted by Crippen LogP contribution is -2.16. The first-order chi connectivity index (χ1) is 8.75. The van der Waals surface area contributed by atoms with E-state index in [1.807, 2.05) is 6.07 Å². The Morgan fingerprint density at radius 2 is 2.17 bits per heavy atom. The molecule has 1 aromatic rings. The number of nitrogens with one attached hydrogen (secondary N) is 1. The van der Waals surface area contributed by atoms with Gasteiger partial charge in [0.15, 0.2) is 0 Å².